The van der Waals surface area contributed by atoms with Crippen molar-refractivity contribution >= 4 is 23.2 Å². The molecule has 0 N–H and O–H groups in total. The molecule has 2 aromatic carbocycles. The smallest absolute Gasteiger partial charge is 0.348 e. The fraction of sp³-hybridized carbons (Fsp3) is 0.143. The zero-order valence-electron chi connectivity index (χ0n) is 14.6. The van der Waals surface area contributed by atoms with E-state index in [4.69, 9.17) is 0 Å². The van der Waals surface area contributed by atoms with Crippen molar-refractivity contribution in [1.29, 1.82) is 0 Å². The van der Waals surface area contributed by atoms with E-state index < -0.39 is 5.97 Å². The molecule has 4 nitrogen and oxygen atoms in total. The summed E-state index contributed by atoms with van der Waals surface area (Å²) in [5.74, 6) is -0.537. The number of esters is 1. The van der Waals surface area contributed by atoms with Gasteiger partial charge in [0.2, 0.25) is 0 Å². The van der Waals surface area contributed by atoms with Crippen molar-refractivity contribution in [3.05, 3.63) is 82.0 Å². The summed E-state index contributed by atoms with van der Waals surface area (Å²) in [6.07, 6.45) is 0. The first-order valence-corrected chi connectivity index (χ1v) is 8.98. The normalized spacial score (nSPS) is 10.4. The molecule has 0 aliphatic rings. The summed E-state index contributed by atoms with van der Waals surface area (Å²) in [7, 11) is 3.08. The average molecular weight is 365 g/mol. The minimum Gasteiger partial charge on any atom is -0.465 e. The average Bonchev–Trinajstić information content (AvgIpc) is 3.18. The largest absolute Gasteiger partial charge is 0.465 e. The fourth-order valence-corrected chi connectivity index (χ4v) is 3.55. The van der Waals surface area contributed by atoms with Gasteiger partial charge in [-0.2, -0.15) is 0 Å². The van der Waals surface area contributed by atoms with Crippen LogP contribution in [0.5, 0.6) is 0 Å². The number of hydrogen-bond acceptors (Lipinski definition) is 4. The lowest BCUT2D eigenvalue weighted by Gasteiger charge is -2.16. The molecule has 0 saturated heterocycles. The van der Waals surface area contributed by atoms with Gasteiger partial charge in [0, 0.05) is 13.6 Å². The predicted molar refractivity (Wildman–Crippen MR) is 103 cm³/mol. The number of ether oxygens (including phenoxy) is 1. The second kappa shape index (κ2) is 7.97. The third kappa shape index (κ3) is 4.00. The van der Waals surface area contributed by atoms with Crippen molar-refractivity contribution in [2.24, 2.45) is 0 Å². The Labute approximate surface area is 156 Å². The van der Waals surface area contributed by atoms with Crippen molar-refractivity contribution in [3.8, 4) is 11.1 Å². The molecule has 0 bridgehead atoms. The maximum atomic E-state index is 12.5. The van der Waals surface area contributed by atoms with E-state index in [2.05, 4.69) is 29.0 Å². The topological polar surface area (TPSA) is 46.6 Å². The van der Waals surface area contributed by atoms with E-state index in [0.29, 0.717) is 16.3 Å². The molecule has 0 radical (unpaired) electrons. The molecule has 1 amide bonds. The third-order valence-electron chi connectivity index (χ3n) is 4.03. The van der Waals surface area contributed by atoms with Crippen LogP contribution in [-0.4, -0.2) is 30.9 Å². The van der Waals surface area contributed by atoms with Crippen LogP contribution >= 0.6 is 11.3 Å². The molecule has 1 heterocycles. The van der Waals surface area contributed by atoms with Crippen LogP contribution in [0.3, 0.4) is 0 Å². The summed E-state index contributed by atoms with van der Waals surface area (Å²) < 4.78 is 4.68. The van der Waals surface area contributed by atoms with E-state index in [1.165, 1.54) is 7.11 Å². The lowest BCUT2D eigenvalue weighted by Crippen LogP contribution is -2.25. The first kappa shape index (κ1) is 17.9. The highest BCUT2D eigenvalue weighted by Gasteiger charge is 2.17. The summed E-state index contributed by atoms with van der Waals surface area (Å²) in [5.41, 5.74) is 3.35. The number of carbonyl (C=O) groups is 2. The lowest BCUT2D eigenvalue weighted by molar-refractivity contribution is 0.0606. The van der Waals surface area contributed by atoms with E-state index in [-0.39, 0.29) is 5.91 Å². The Kier molecular flexibility index (Phi) is 5.49. The molecule has 132 valence electrons. The number of rotatable bonds is 5. The van der Waals surface area contributed by atoms with Crippen LogP contribution in [0.25, 0.3) is 11.1 Å². The molecule has 0 saturated carbocycles. The van der Waals surface area contributed by atoms with Gasteiger partial charge in [0.25, 0.3) is 5.91 Å². The Hall–Kier alpha value is -2.92. The zero-order chi connectivity index (χ0) is 18.5. The Morgan fingerprint density at radius 2 is 1.50 bits per heavy atom. The van der Waals surface area contributed by atoms with Crippen LogP contribution in [0.1, 0.15) is 24.9 Å². The van der Waals surface area contributed by atoms with Gasteiger partial charge in [-0.1, -0.05) is 54.6 Å². The SMILES string of the molecule is COC(=O)c1ccc(C(=O)N(C)Cc2ccc(-c3ccccc3)cc2)s1. The number of thiophene rings is 1. The maximum Gasteiger partial charge on any atom is 0.348 e. The molecule has 0 atom stereocenters. The lowest BCUT2D eigenvalue weighted by atomic mass is 10.0. The Morgan fingerprint density at radius 3 is 2.15 bits per heavy atom. The van der Waals surface area contributed by atoms with Gasteiger partial charge in [0.15, 0.2) is 0 Å². The molecule has 0 spiro atoms. The highest BCUT2D eigenvalue weighted by atomic mass is 32.1. The van der Waals surface area contributed by atoms with Crippen molar-refractivity contribution in [1.82, 2.24) is 4.90 Å². The van der Waals surface area contributed by atoms with E-state index in [0.717, 1.165) is 28.0 Å². The summed E-state index contributed by atoms with van der Waals surface area (Å²) in [4.78, 5) is 26.7. The van der Waals surface area contributed by atoms with Crippen LogP contribution < -0.4 is 0 Å². The standard InChI is InChI=1S/C21H19NO3S/c1-22(20(23)18-12-13-19(26-18)21(24)25-2)14-15-8-10-17(11-9-15)16-6-4-3-5-7-16/h3-13H,14H2,1-2H3. The molecule has 3 aromatic rings. The van der Waals surface area contributed by atoms with Gasteiger partial charge in [-0.05, 0) is 28.8 Å². The Morgan fingerprint density at radius 1 is 0.885 bits per heavy atom. The van der Waals surface area contributed by atoms with E-state index in [1.807, 2.05) is 30.3 Å². The van der Waals surface area contributed by atoms with Crippen LogP contribution in [-0.2, 0) is 11.3 Å². The van der Waals surface area contributed by atoms with Gasteiger partial charge in [0.05, 0.1) is 12.0 Å². The van der Waals surface area contributed by atoms with Crippen molar-refractivity contribution < 1.29 is 14.3 Å². The molecule has 5 heteroatoms. The van der Waals surface area contributed by atoms with Gasteiger partial charge in [-0.25, -0.2) is 4.79 Å². The molecular weight excluding hydrogens is 346 g/mol. The number of benzene rings is 2. The summed E-state index contributed by atoms with van der Waals surface area (Å²) in [6.45, 7) is 0.499. The molecule has 1 aromatic heterocycles. The predicted octanol–water partition coefficient (Wildman–Crippen LogP) is 4.47. The van der Waals surface area contributed by atoms with Crippen LogP contribution in [0, 0.1) is 0 Å². The molecule has 3 rings (SSSR count). The quantitative estimate of drug-likeness (QED) is 0.627. The summed E-state index contributed by atoms with van der Waals surface area (Å²) in [6, 6.07) is 21.6. The van der Waals surface area contributed by atoms with Gasteiger partial charge in [-0.15, -0.1) is 11.3 Å². The number of amides is 1. The summed E-state index contributed by atoms with van der Waals surface area (Å²) in [5, 5.41) is 0. The monoisotopic (exact) mass is 365 g/mol. The van der Waals surface area contributed by atoms with Crippen LogP contribution in [0.4, 0.5) is 0 Å². The molecular formula is C21H19NO3S. The first-order valence-electron chi connectivity index (χ1n) is 8.16. The van der Waals surface area contributed by atoms with Crippen LogP contribution in [0.2, 0.25) is 0 Å². The fourth-order valence-electron chi connectivity index (χ4n) is 2.63. The maximum absolute atomic E-state index is 12.5. The van der Waals surface area contributed by atoms with Gasteiger partial charge < -0.3 is 9.64 Å². The van der Waals surface area contributed by atoms with Gasteiger partial charge in [-0.3, -0.25) is 4.79 Å². The highest BCUT2D eigenvalue weighted by molar-refractivity contribution is 7.15. The minimum absolute atomic E-state index is 0.114. The molecule has 0 aliphatic heterocycles. The molecule has 26 heavy (non-hydrogen) atoms. The Balaban J connectivity index is 1.67. The third-order valence-corrected chi connectivity index (χ3v) is 5.08. The molecule has 0 aliphatic carbocycles. The minimum atomic E-state index is -0.423. The second-order valence-electron chi connectivity index (χ2n) is 5.88. The van der Waals surface area contributed by atoms with Crippen LogP contribution in [0.15, 0.2) is 66.7 Å². The van der Waals surface area contributed by atoms with Crippen molar-refractivity contribution in [2.75, 3.05) is 14.2 Å². The van der Waals surface area contributed by atoms with E-state index in [9.17, 15) is 9.59 Å². The molecule has 0 unspecified atom stereocenters. The zero-order valence-corrected chi connectivity index (χ0v) is 15.5. The van der Waals surface area contributed by atoms with Gasteiger partial charge in [0.1, 0.15) is 4.88 Å². The van der Waals surface area contributed by atoms with E-state index in [1.54, 1.807) is 24.1 Å². The van der Waals surface area contributed by atoms with E-state index >= 15 is 0 Å². The van der Waals surface area contributed by atoms with Crippen molar-refractivity contribution in [2.45, 2.75) is 6.54 Å². The summed E-state index contributed by atoms with van der Waals surface area (Å²) >= 11 is 1.15. The second-order valence-corrected chi connectivity index (χ2v) is 6.96. The molecule has 0 fully saturated rings. The number of nitrogens with zero attached hydrogens (tertiary/aromatic N) is 1. The van der Waals surface area contributed by atoms with Crippen molar-refractivity contribution in [3.63, 3.8) is 0 Å². The highest BCUT2D eigenvalue weighted by Crippen LogP contribution is 2.22. The number of carbonyl (C=O) groups excluding carboxylic acids is 2. The number of methoxy groups -OCH3 is 1. The number of hydrogen-bond donors (Lipinski definition) is 0. The van der Waals surface area contributed by atoms with Gasteiger partial charge >= 0.3 is 5.97 Å². The Bertz CT molecular complexity index is 901. The first-order chi connectivity index (χ1) is 12.6.